The number of carbonyl (C=O) groups excluding carboxylic acids is 1. The molecule has 4 rings (SSSR count). The Morgan fingerprint density at radius 1 is 1.03 bits per heavy atom. The van der Waals surface area contributed by atoms with Gasteiger partial charge in [0.2, 0.25) is 0 Å². The van der Waals surface area contributed by atoms with Crippen LogP contribution in [0.4, 0.5) is 10.5 Å². The van der Waals surface area contributed by atoms with Crippen LogP contribution >= 0.6 is 23.2 Å². The Hall–Kier alpha value is -3.04. The molecule has 1 atom stereocenters. The van der Waals surface area contributed by atoms with Crippen LogP contribution < -0.4 is 10.6 Å². The van der Waals surface area contributed by atoms with Gasteiger partial charge < -0.3 is 15.5 Å². The van der Waals surface area contributed by atoms with Crippen LogP contribution in [-0.2, 0) is 5.41 Å². The topological polar surface area (TPSA) is 68.2 Å². The highest BCUT2D eigenvalue weighted by Crippen LogP contribution is 2.39. The number of nitrogens with one attached hydrogen (secondary N) is 2. The largest absolute Gasteiger partial charge is 0.337 e. The minimum Gasteiger partial charge on any atom is -0.337 e. The van der Waals surface area contributed by atoms with E-state index in [0.29, 0.717) is 33.8 Å². The fraction of sp³-hybridized carbons (Fsp3) is 0.310. The second kappa shape index (κ2) is 11.3. The van der Waals surface area contributed by atoms with Crippen LogP contribution in [0.3, 0.4) is 0 Å². The molecule has 0 unspecified atom stereocenters. The highest BCUT2D eigenvalue weighted by Gasteiger charge is 2.37. The van der Waals surface area contributed by atoms with Gasteiger partial charge in [-0.1, -0.05) is 66.5 Å². The summed E-state index contributed by atoms with van der Waals surface area (Å²) in [5.41, 5.74) is 4.20. The Bertz CT molecular complexity index is 1240. The monoisotopic (exact) mass is 520 g/mol. The number of benzene rings is 3. The number of likely N-dealkylation sites (tertiary alicyclic amines) is 1. The van der Waals surface area contributed by atoms with Crippen molar-refractivity contribution < 1.29 is 4.79 Å². The molecular formula is C29H30Cl2N4O. The Labute approximate surface area is 223 Å². The third kappa shape index (κ3) is 6.20. The van der Waals surface area contributed by atoms with E-state index < -0.39 is 0 Å². The lowest BCUT2D eigenvalue weighted by atomic mass is 9.67. The Kier molecular flexibility index (Phi) is 8.21. The van der Waals surface area contributed by atoms with Crippen molar-refractivity contribution in [1.29, 1.82) is 5.26 Å². The molecule has 5 nitrogen and oxygen atoms in total. The lowest BCUT2D eigenvalue weighted by molar-refractivity contribution is 0.152. The number of carbonyl (C=O) groups is 1. The summed E-state index contributed by atoms with van der Waals surface area (Å²) in [6.45, 7) is 4.80. The number of nitriles is 1. The zero-order chi connectivity index (χ0) is 25.7. The van der Waals surface area contributed by atoms with Crippen molar-refractivity contribution in [3.63, 3.8) is 0 Å². The van der Waals surface area contributed by atoms with Gasteiger partial charge in [0.1, 0.15) is 0 Å². The van der Waals surface area contributed by atoms with Crippen molar-refractivity contribution in [2.45, 2.75) is 25.2 Å². The van der Waals surface area contributed by atoms with Crippen LogP contribution in [-0.4, -0.2) is 37.6 Å². The maximum absolute atomic E-state index is 12.8. The molecule has 1 aliphatic heterocycles. The predicted molar refractivity (Wildman–Crippen MR) is 148 cm³/mol. The normalized spacial score (nSPS) is 16.1. The lowest BCUT2D eigenvalue weighted by Crippen LogP contribution is -2.48. The molecule has 2 amide bonds. The van der Waals surface area contributed by atoms with Gasteiger partial charge in [-0.15, -0.1) is 0 Å². The first-order valence-electron chi connectivity index (χ1n) is 12.1. The van der Waals surface area contributed by atoms with Crippen LogP contribution in [0.15, 0.2) is 66.7 Å². The zero-order valence-corrected chi connectivity index (χ0v) is 22.0. The molecule has 0 aliphatic carbocycles. The van der Waals surface area contributed by atoms with E-state index in [2.05, 4.69) is 59.8 Å². The van der Waals surface area contributed by atoms with Gasteiger partial charge in [0.25, 0.3) is 0 Å². The molecule has 36 heavy (non-hydrogen) atoms. The van der Waals surface area contributed by atoms with Gasteiger partial charge in [0.15, 0.2) is 0 Å². The third-order valence-electron chi connectivity index (χ3n) is 7.23. The summed E-state index contributed by atoms with van der Waals surface area (Å²) in [6, 6.07) is 23.0. The number of amides is 2. The molecule has 1 aliphatic rings. The van der Waals surface area contributed by atoms with Gasteiger partial charge in [-0.05, 0) is 85.9 Å². The summed E-state index contributed by atoms with van der Waals surface area (Å²) in [6.07, 6.45) is 2.12. The van der Waals surface area contributed by atoms with Gasteiger partial charge in [-0.25, -0.2) is 4.79 Å². The first-order chi connectivity index (χ1) is 17.3. The van der Waals surface area contributed by atoms with Crippen molar-refractivity contribution in [3.8, 4) is 17.2 Å². The van der Waals surface area contributed by atoms with E-state index >= 15 is 0 Å². The van der Waals surface area contributed by atoms with E-state index in [1.807, 2.05) is 24.3 Å². The molecule has 2 N–H and O–H groups in total. The molecular weight excluding hydrogens is 491 g/mol. The quantitative estimate of drug-likeness (QED) is 0.369. The average molecular weight is 521 g/mol. The van der Waals surface area contributed by atoms with Crippen molar-refractivity contribution in [2.24, 2.45) is 5.92 Å². The molecule has 1 fully saturated rings. The van der Waals surface area contributed by atoms with E-state index in [-0.39, 0.29) is 11.4 Å². The van der Waals surface area contributed by atoms with Crippen molar-refractivity contribution in [1.82, 2.24) is 10.2 Å². The van der Waals surface area contributed by atoms with E-state index in [1.54, 1.807) is 18.2 Å². The van der Waals surface area contributed by atoms with Gasteiger partial charge in [-0.3, -0.25) is 0 Å². The summed E-state index contributed by atoms with van der Waals surface area (Å²) in [7, 11) is 2.15. The third-order valence-corrected chi connectivity index (χ3v) is 7.66. The maximum atomic E-state index is 12.8. The van der Waals surface area contributed by atoms with E-state index in [4.69, 9.17) is 23.2 Å². The number of hydrogen-bond donors (Lipinski definition) is 2. The second-order valence-electron chi connectivity index (χ2n) is 9.73. The number of hydrogen-bond acceptors (Lipinski definition) is 3. The smallest absolute Gasteiger partial charge is 0.319 e. The highest BCUT2D eigenvalue weighted by molar-refractivity contribution is 6.35. The van der Waals surface area contributed by atoms with E-state index in [1.165, 1.54) is 5.56 Å². The van der Waals surface area contributed by atoms with Crippen molar-refractivity contribution >= 4 is 34.9 Å². The fourth-order valence-corrected chi connectivity index (χ4v) is 5.53. The van der Waals surface area contributed by atoms with Gasteiger partial charge in [-0.2, -0.15) is 5.26 Å². The van der Waals surface area contributed by atoms with Gasteiger partial charge >= 0.3 is 6.03 Å². The molecule has 1 heterocycles. The second-order valence-corrected chi connectivity index (χ2v) is 10.6. The summed E-state index contributed by atoms with van der Waals surface area (Å²) in [4.78, 5) is 15.2. The molecule has 186 valence electrons. The van der Waals surface area contributed by atoms with Gasteiger partial charge in [0.05, 0.1) is 11.6 Å². The van der Waals surface area contributed by atoms with Crippen LogP contribution in [0.2, 0.25) is 10.0 Å². The number of halogens is 2. The summed E-state index contributed by atoms with van der Waals surface area (Å²) >= 11 is 12.1. The minimum atomic E-state index is -0.294. The standard InChI is InChI=1S/C29H30Cl2N4O/c1-29(24-10-12-35(2)13-11-24,19-33-28(36)34-27-16-25(30)15-26(31)17-27)23-8-6-21(7-9-23)22-5-3-4-20(14-22)18-32/h3-9,14-17,24H,10-13,19H2,1-2H3,(H2,33,34,36)/t29-/m1/s1. The first-order valence-corrected chi connectivity index (χ1v) is 12.8. The van der Waals surface area contributed by atoms with Crippen LogP contribution in [0.1, 0.15) is 30.9 Å². The zero-order valence-electron chi connectivity index (χ0n) is 20.5. The molecule has 0 aromatic heterocycles. The highest BCUT2D eigenvalue weighted by atomic mass is 35.5. The summed E-state index contributed by atoms with van der Waals surface area (Å²) in [5.74, 6) is 0.419. The maximum Gasteiger partial charge on any atom is 0.319 e. The number of piperidine rings is 1. The molecule has 3 aromatic rings. The minimum absolute atomic E-state index is 0.252. The molecule has 0 radical (unpaired) electrons. The number of anilines is 1. The number of nitrogens with zero attached hydrogens (tertiary/aromatic N) is 2. The molecule has 0 spiro atoms. The molecule has 0 bridgehead atoms. The fourth-order valence-electron chi connectivity index (χ4n) is 5.00. The van der Waals surface area contributed by atoms with E-state index in [9.17, 15) is 10.1 Å². The van der Waals surface area contributed by atoms with Crippen LogP contribution in [0.25, 0.3) is 11.1 Å². The van der Waals surface area contributed by atoms with Crippen molar-refractivity contribution in [3.05, 3.63) is 87.9 Å². The van der Waals surface area contributed by atoms with Crippen LogP contribution in [0.5, 0.6) is 0 Å². The summed E-state index contributed by atoms with van der Waals surface area (Å²) < 4.78 is 0. The van der Waals surface area contributed by atoms with Crippen LogP contribution in [0, 0.1) is 17.2 Å². The number of rotatable bonds is 6. The molecule has 7 heteroatoms. The molecule has 3 aromatic carbocycles. The van der Waals surface area contributed by atoms with Crippen molar-refractivity contribution in [2.75, 3.05) is 32.0 Å². The SMILES string of the molecule is CN1CCC([C@](C)(CNC(=O)Nc2cc(Cl)cc(Cl)c2)c2ccc(-c3cccc(C#N)c3)cc2)CC1. The van der Waals surface area contributed by atoms with Gasteiger partial charge in [0, 0.05) is 27.7 Å². The Morgan fingerprint density at radius 3 is 2.33 bits per heavy atom. The first kappa shape index (κ1) is 26.0. The molecule has 1 saturated heterocycles. The van der Waals surface area contributed by atoms with E-state index in [0.717, 1.165) is 37.1 Å². The molecule has 0 saturated carbocycles. The average Bonchev–Trinajstić information content (AvgIpc) is 2.87. The Morgan fingerprint density at radius 2 is 1.69 bits per heavy atom. The Balaban J connectivity index is 1.55. The summed E-state index contributed by atoms with van der Waals surface area (Å²) in [5, 5.41) is 16.1. The lowest BCUT2D eigenvalue weighted by Gasteiger charge is -2.42. The number of urea groups is 1. The predicted octanol–water partition coefficient (Wildman–Crippen LogP) is 6.95.